The van der Waals surface area contributed by atoms with Crippen molar-refractivity contribution >= 4 is 33.4 Å². The Labute approximate surface area is 137 Å². The van der Waals surface area contributed by atoms with E-state index in [0.717, 1.165) is 22.3 Å². The third-order valence-corrected chi connectivity index (χ3v) is 6.30. The van der Waals surface area contributed by atoms with Crippen molar-refractivity contribution in [2.24, 2.45) is 0 Å². The predicted molar refractivity (Wildman–Crippen MR) is 86.3 cm³/mol. The molecule has 0 unspecified atom stereocenters. The molecule has 2 aromatic rings. The molecule has 22 heavy (non-hydrogen) atoms. The largest absolute Gasteiger partial charge is 0.244 e. The molecule has 0 fully saturated rings. The summed E-state index contributed by atoms with van der Waals surface area (Å²) >= 11 is 7.36. The van der Waals surface area contributed by atoms with E-state index in [1.165, 1.54) is 12.1 Å². The molecule has 0 saturated heterocycles. The predicted octanol–water partition coefficient (Wildman–Crippen LogP) is 3.99. The Kier molecular flexibility index (Phi) is 4.45. The van der Waals surface area contributed by atoms with E-state index in [9.17, 15) is 12.8 Å². The van der Waals surface area contributed by atoms with Gasteiger partial charge in [-0.15, -0.1) is 11.8 Å². The van der Waals surface area contributed by atoms with Crippen LogP contribution in [0.25, 0.3) is 0 Å². The molecule has 3 nitrogen and oxygen atoms in total. The number of hydrogen-bond acceptors (Lipinski definition) is 3. The molecular formula is C15H13ClFNO2S2. The van der Waals surface area contributed by atoms with Crippen molar-refractivity contribution in [2.75, 3.05) is 5.75 Å². The van der Waals surface area contributed by atoms with Gasteiger partial charge in [0.1, 0.15) is 10.7 Å². The van der Waals surface area contributed by atoms with Gasteiger partial charge < -0.3 is 0 Å². The molecule has 0 aromatic heterocycles. The lowest BCUT2D eigenvalue weighted by atomic mass is 10.1. The standard InChI is InChI=1S/C15H13ClFNO2S2/c16-10-5-6-15(12(17)9-10)22(19,20)18-13-7-8-21-14-4-2-1-3-11(13)14/h1-6,9,13,18H,7-8H2/t13-/m1/s1. The van der Waals surface area contributed by atoms with Crippen molar-refractivity contribution in [1.29, 1.82) is 0 Å². The summed E-state index contributed by atoms with van der Waals surface area (Å²) < 4.78 is 41.4. The van der Waals surface area contributed by atoms with Crippen LogP contribution in [-0.2, 0) is 10.0 Å². The first kappa shape index (κ1) is 15.8. The van der Waals surface area contributed by atoms with Crippen LogP contribution < -0.4 is 4.72 Å². The van der Waals surface area contributed by atoms with Gasteiger partial charge in [-0.3, -0.25) is 0 Å². The highest BCUT2D eigenvalue weighted by atomic mass is 35.5. The van der Waals surface area contributed by atoms with Gasteiger partial charge in [-0.05, 0) is 42.0 Å². The van der Waals surface area contributed by atoms with Gasteiger partial charge in [0.25, 0.3) is 0 Å². The van der Waals surface area contributed by atoms with Gasteiger partial charge in [-0.1, -0.05) is 29.8 Å². The molecule has 0 spiro atoms. The smallest absolute Gasteiger partial charge is 0.207 e. The quantitative estimate of drug-likeness (QED) is 0.903. The molecule has 0 radical (unpaired) electrons. The molecule has 1 N–H and O–H groups in total. The normalized spacial score (nSPS) is 18.0. The maximum absolute atomic E-state index is 13.9. The summed E-state index contributed by atoms with van der Waals surface area (Å²) in [7, 11) is -3.94. The zero-order valence-electron chi connectivity index (χ0n) is 11.4. The minimum atomic E-state index is -3.94. The average Bonchev–Trinajstić information content (AvgIpc) is 2.47. The first-order chi connectivity index (χ1) is 10.5. The lowest BCUT2D eigenvalue weighted by Gasteiger charge is -2.25. The van der Waals surface area contributed by atoms with E-state index < -0.39 is 15.8 Å². The van der Waals surface area contributed by atoms with Crippen LogP contribution in [0.1, 0.15) is 18.0 Å². The summed E-state index contributed by atoms with van der Waals surface area (Å²) in [6, 6.07) is 10.8. The van der Waals surface area contributed by atoms with Crippen molar-refractivity contribution in [3.05, 3.63) is 58.9 Å². The van der Waals surface area contributed by atoms with Crippen LogP contribution in [0.4, 0.5) is 4.39 Å². The zero-order valence-corrected chi connectivity index (χ0v) is 13.8. The Morgan fingerprint density at radius 1 is 1.23 bits per heavy atom. The van der Waals surface area contributed by atoms with E-state index >= 15 is 0 Å². The van der Waals surface area contributed by atoms with E-state index in [1.54, 1.807) is 11.8 Å². The van der Waals surface area contributed by atoms with E-state index in [2.05, 4.69) is 4.72 Å². The molecule has 0 aliphatic carbocycles. The second-order valence-corrected chi connectivity index (χ2v) is 8.18. The number of halogens is 2. The first-order valence-electron chi connectivity index (χ1n) is 6.66. The van der Waals surface area contributed by atoms with Crippen LogP contribution in [0, 0.1) is 5.82 Å². The van der Waals surface area contributed by atoms with Crippen molar-refractivity contribution in [3.63, 3.8) is 0 Å². The molecule has 1 atom stereocenters. The second-order valence-electron chi connectivity index (χ2n) is 4.92. The summed E-state index contributed by atoms with van der Waals surface area (Å²) in [6.45, 7) is 0. The molecule has 1 aliphatic rings. The first-order valence-corrected chi connectivity index (χ1v) is 9.51. The highest BCUT2D eigenvalue weighted by Gasteiger charge is 2.27. The second kappa shape index (κ2) is 6.20. The van der Waals surface area contributed by atoms with Crippen LogP contribution in [0.2, 0.25) is 5.02 Å². The minimum Gasteiger partial charge on any atom is -0.207 e. The summed E-state index contributed by atoms with van der Waals surface area (Å²) in [6.07, 6.45) is 0.663. The lowest BCUT2D eigenvalue weighted by molar-refractivity contribution is 0.532. The third-order valence-electron chi connectivity index (χ3n) is 3.44. The third kappa shape index (κ3) is 3.15. The Balaban J connectivity index is 1.93. The van der Waals surface area contributed by atoms with Gasteiger partial charge in [-0.2, -0.15) is 0 Å². The topological polar surface area (TPSA) is 46.2 Å². The highest BCUT2D eigenvalue weighted by Crippen LogP contribution is 2.36. The molecular weight excluding hydrogens is 345 g/mol. The summed E-state index contributed by atoms with van der Waals surface area (Å²) in [4.78, 5) is 0.672. The Hall–Kier alpha value is -1.08. The Morgan fingerprint density at radius 3 is 2.77 bits per heavy atom. The molecule has 1 heterocycles. The number of fused-ring (bicyclic) bond motifs is 1. The molecule has 0 bridgehead atoms. The number of nitrogens with one attached hydrogen (secondary N) is 1. The maximum Gasteiger partial charge on any atom is 0.244 e. The van der Waals surface area contributed by atoms with Gasteiger partial charge in [0.2, 0.25) is 10.0 Å². The fourth-order valence-corrected chi connectivity index (χ4v) is 5.00. The fraction of sp³-hybridized carbons (Fsp3) is 0.200. The summed E-state index contributed by atoms with van der Waals surface area (Å²) in [5, 5.41) is 0.163. The molecule has 2 aromatic carbocycles. The van der Waals surface area contributed by atoms with Crippen LogP contribution in [0.5, 0.6) is 0 Å². The summed E-state index contributed by atoms with van der Waals surface area (Å²) in [5.41, 5.74) is 0.927. The van der Waals surface area contributed by atoms with Crippen molar-refractivity contribution in [3.8, 4) is 0 Å². The minimum absolute atomic E-state index is 0.163. The molecule has 0 amide bonds. The summed E-state index contributed by atoms with van der Waals surface area (Å²) in [5.74, 6) is -0.0358. The van der Waals surface area contributed by atoms with Gasteiger partial charge in [-0.25, -0.2) is 17.5 Å². The van der Waals surface area contributed by atoms with E-state index in [-0.39, 0.29) is 16.0 Å². The fourth-order valence-electron chi connectivity index (χ4n) is 2.41. The number of benzene rings is 2. The molecule has 116 valence electrons. The number of rotatable bonds is 3. The van der Waals surface area contributed by atoms with Gasteiger partial charge in [0.15, 0.2) is 0 Å². The molecule has 0 saturated carbocycles. The van der Waals surface area contributed by atoms with Gasteiger partial charge >= 0.3 is 0 Å². The van der Waals surface area contributed by atoms with Gasteiger partial charge in [0, 0.05) is 16.0 Å². The van der Waals surface area contributed by atoms with Crippen LogP contribution in [0.15, 0.2) is 52.3 Å². The molecule has 3 rings (SSSR count). The van der Waals surface area contributed by atoms with Crippen LogP contribution in [0.3, 0.4) is 0 Å². The van der Waals surface area contributed by atoms with E-state index in [0.29, 0.717) is 6.42 Å². The number of hydrogen-bond donors (Lipinski definition) is 1. The zero-order chi connectivity index (χ0) is 15.7. The van der Waals surface area contributed by atoms with E-state index in [4.69, 9.17) is 11.6 Å². The van der Waals surface area contributed by atoms with Crippen LogP contribution >= 0.6 is 23.4 Å². The van der Waals surface area contributed by atoms with Gasteiger partial charge in [0.05, 0.1) is 0 Å². The SMILES string of the molecule is O=S(=O)(N[C@@H]1CCSc2ccccc21)c1ccc(Cl)cc1F. The maximum atomic E-state index is 13.9. The lowest BCUT2D eigenvalue weighted by Crippen LogP contribution is -2.31. The van der Waals surface area contributed by atoms with Crippen molar-refractivity contribution in [2.45, 2.75) is 22.3 Å². The molecule has 1 aliphatic heterocycles. The number of sulfonamides is 1. The highest BCUT2D eigenvalue weighted by molar-refractivity contribution is 7.99. The monoisotopic (exact) mass is 357 g/mol. The van der Waals surface area contributed by atoms with Crippen molar-refractivity contribution < 1.29 is 12.8 Å². The van der Waals surface area contributed by atoms with Crippen LogP contribution in [-0.4, -0.2) is 14.2 Å². The van der Waals surface area contributed by atoms with Crippen molar-refractivity contribution in [1.82, 2.24) is 4.72 Å². The average molecular weight is 358 g/mol. The Morgan fingerprint density at radius 2 is 2.00 bits per heavy atom. The van der Waals surface area contributed by atoms with E-state index in [1.807, 2.05) is 24.3 Å². The number of thioether (sulfide) groups is 1. The Bertz CT molecular complexity index is 811. The molecule has 7 heteroatoms.